The minimum atomic E-state index is 0.620. The third-order valence-electron chi connectivity index (χ3n) is 3.02. The lowest BCUT2D eigenvalue weighted by Crippen LogP contribution is -1.98. The van der Waals surface area contributed by atoms with E-state index >= 15 is 0 Å². The maximum absolute atomic E-state index is 5.73. The van der Waals surface area contributed by atoms with E-state index in [0.29, 0.717) is 13.2 Å². The summed E-state index contributed by atoms with van der Waals surface area (Å²) in [5.74, 6) is 1.62. The molecule has 0 unspecified atom stereocenters. The molecule has 0 heterocycles. The number of rotatable bonds is 5. The highest BCUT2D eigenvalue weighted by Gasteiger charge is 2.11. The Labute approximate surface area is 126 Å². The summed E-state index contributed by atoms with van der Waals surface area (Å²) >= 11 is 4.47. The zero-order valence-corrected chi connectivity index (χ0v) is 13.0. The first-order valence-electron chi connectivity index (χ1n) is 6.85. The van der Waals surface area contributed by atoms with E-state index in [1.165, 1.54) is 5.56 Å². The van der Waals surface area contributed by atoms with E-state index in [0.717, 1.165) is 27.5 Å². The molecule has 2 nitrogen and oxygen atoms in total. The Hall–Kier alpha value is -1.61. The fraction of sp³-hybridized carbons (Fsp3) is 0.294. The van der Waals surface area contributed by atoms with E-state index in [-0.39, 0.29) is 0 Å². The summed E-state index contributed by atoms with van der Waals surface area (Å²) in [5, 5.41) is 0. The molecular formula is C17H20O2S. The van der Waals surface area contributed by atoms with Gasteiger partial charge in [-0.3, -0.25) is 0 Å². The molecule has 2 aromatic rings. The van der Waals surface area contributed by atoms with Crippen LogP contribution in [0.4, 0.5) is 0 Å². The van der Waals surface area contributed by atoms with Crippen LogP contribution in [0.25, 0.3) is 11.1 Å². The van der Waals surface area contributed by atoms with E-state index in [2.05, 4.69) is 43.8 Å². The predicted octanol–water partition coefficient (Wildman–Crippen LogP) is 4.75. The molecule has 0 fully saturated rings. The van der Waals surface area contributed by atoms with Crippen LogP contribution in [0.3, 0.4) is 0 Å². The van der Waals surface area contributed by atoms with Crippen molar-refractivity contribution in [2.75, 3.05) is 13.2 Å². The van der Waals surface area contributed by atoms with Crippen molar-refractivity contribution in [2.24, 2.45) is 0 Å². The van der Waals surface area contributed by atoms with Gasteiger partial charge in [0.1, 0.15) is 11.5 Å². The van der Waals surface area contributed by atoms with Crippen molar-refractivity contribution < 1.29 is 9.47 Å². The molecule has 0 radical (unpaired) electrons. The lowest BCUT2D eigenvalue weighted by Gasteiger charge is -2.15. The van der Waals surface area contributed by atoms with Gasteiger partial charge in [-0.15, -0.1) is 12.6 Å². The Morgan fingerprint density at radius 3 is 2.10 bits per heavy atom. The monoisotopic (exact) mass is 288 g/mol. The standard InChI is InChI=1S/C17H20O2S/c1-4-18-15-11-17(20)16(19-5-2)10-14(15)13-8-6-12(3)7-9-13/h6-11,20H,4-5H2,1-3H3. The van der Waals surface area contributed by atoms with Gasteiger partial charge in [0, 0.05) is 10.5 Å². The molecule has 0 N–H and O–H groups in total. The summed E-state index contributed by atoms with van der Waals surface area (Å²) in [4.78, 5) is 0.797. The molecule has 20 heavy (non-hydrogen) atoms. The van der Waals surface area contributed by atoms with Crippen LogP contribution in [-0.2, 0) is 0 Å². The minimum absolute atomic E-state index is 0.620. The van der Waals surface area contributed by atoms with Crippen molar-refractivity contribution in [1.82, 2.24) is 0 Å². The van der Waals surface area contributed by atoms with Crippen molar-refractivity contribution in [3.63, 3.8) is 0 Å². The van der Waals surface area contributed by atoms with Gasteiger partial charge in [-0.25, -0.2) is 0 Å². The summed E-state index contributed by atoms with van der Waals surface area (Å²) in [7, 11) is 0. The van der Waals surface area contributed by atoms with Gasteiger partial charge in [0.2, 0.25) is 0 Å². The van der Waals surface area contributed by atoms with Crippen molar-refractivity contribution in [1.29, 1.82) is 0 Å². The van der Waals surface area contributed by atoms with E-state index in [9.17, 15) is 0 Å². The Morgan fingerprint density at radius 1 is 0.900 bits per heavy atom. The van der Waals surface area contributed by atoms with Crippen LogP contribution in [0.5, 0.6) is 11.5 Å². The fourth-order valence-corrected chi connectivity index (χ4v) is 2.30. The highest BCUT2D eigenvalue weighted by Crippen LogP contribution is 2.38. The van der Waals surface area contributed by atoms with Gasteiger partial charge in [-0.05, 0) is 38.5 Å². The Bertz CT molecular complexity index is 576. The van der Waals surface area contributed by atoms with Crippen LogP contribution in [-0.4, -0.2) is 13.2 Å². The van der Waals surface area contributed by atoms with Crippen LogP contribution < -0.4 is 9.47 Å². The number of aryl methyl sites for hydroxylation is 1. The van der Waals surface area contributed by atoms with Crippen LogP contribution in [0, 0.1) is 6.92 Å². The zero-order valence-electron chi connectivity index (χ0n) is 12.1. The molecule has 2 rings (SSSR count). The van der Waals surface area contributed by atoms with Crippen molar-refractivity contribution in [3.8, 4) is 22.6 Å². The molecule has 106 valence electrons. The first-order valence-corrected chi connectivity index (χ1v) is 7.30. The number of hydrogen-bond acceptors (Lipinski definition) is 3. The first-order chi connectivity index (χ1) is 9.65. The molecule has 0 bridgehead atoms. The number of thiol groups is 1. The quantitative estimate of drug-likeness (QED) is 0.800. The maximum atomic E-state index is 5.73. The van der Waals surface area contributed by atoms with Crippen LogP contribution in [0.1, 0.15) is 19.4 Å². The molecule has 0 atom stereocenters. The smallest absolute Gasteiger partial charge is 0.133 e. The summed E-state index contributed by atoms with van der Waals surface area (Å²) in [6.45, 7) is 7.27. The van der Waals surface area contributed by atoms with Crippen molar-refractivity contribution in [3.05, 3.63) is 42.0 Å². The third kappa shape index (κ3) is 3.28. The van der Waals surface area contributed by atoms with Gasteiger partial charge in [0.05, 0.1) is 13.2 Å². The summed E-state index contributed by atoms with van der Waals surface area (Å²) in [6.07, 6.45) is 0. The second-order valence-electron chi connectivity index (χ2n) is 4.55. The minimum Gasteiger partial charge on any atom is -0.493 e. The third-order valence-corrected chi connectivity index (χ3v) is 3.37. The lowest BCUT2D eigenvalue weighted by atomic mass is 10.0. The van der Waals surface area contributed by atoms with Crippen LogP contribution in [0.15, 0.2) is 41.3 Å². The second-order valence-corrected chi connectivity index (χ2v) is 5.03. The molecule has 0 amide bonds. The summed E-state index contributed by atoms with van der Waals surface area (Å²) < 4.78 is 11.4. The van der Waals surface area contributed by atoms with Gasteiger partial charge in [0.15, 0.2) is 0 Å². The van der Waals surface area contributed by atoms with Crippen molar-refractivity contribution >= 4 is 12.6 Å². The molecule has 0 aliphatic carbocycles. The van der Waals surface area contributed by atoms with Gasteiger partial charge < -0.3 is 9.47 Å². The highest BCUT2D eigenvalue weighted by atomic mass is 32.1. The van der Waals surface area contributed by atoms with E-state index in [1.54, 1.807) is 0 Å². The molecule has 2 aromatic carbocycles. The topological polar surface area (TPSA) is 18.5 Å². The Morgan fingerprint density at radius 2 is 1.50 bits per heavy atom. The second kappa shape index (κ2) is 6.71. The highest BCUT2D eigenvalue weighted by molar-refractivity contribution is 7.80. The number of ether oxygens (including phenoxy) is 2. The zero-order chi connectivity index (χ0) is 14.5. The molecule has 0 spiro atoms. The van der Waals surface area contributed by atoms with Gasteiger partial charge >= 0.3 is 0 Å². The summed E-state index contributed by atoms with van der Waals surface area (Å²) in [6, 6.07) is 12.3. The molecule has 0 saturated carbocycles. The fourth-order valence-electron chi connectivity index (χ4n) is 2.05. The van der Waals surface area contributed by atoms with Gasteiger partial charge in [-0.2, -0.15) is 0 Å². The van der Waals surface area contributed by atoms with E-state index in [1.807, 2.05) is 26.0 Å². The SMILES string of the molecule is CCOc1cc(-c2ccc(C)cc2)c(OCC)cc1S. The van der Waals surface area contributed by atoms with Crippen LogP contribution in [0.2, 0.25) is 0 Å². The molecule has 0 aromatic heterocycles. The van der Waals surface area contributed by atoms with Crippen LogP contribution >= 0.6 is 12.6 Å². The maximum Gasteiger partial charge on any atom is 0.133 e. The van der Waals surface area contributed by atoms with E-state index in [4.69, 9.17) is 9.47 Å². The molecule has 0 aliphatic heterocycles. The normalized spacial score (nSPS) is 10.4. The summed E-state index contributed by atoms with van der Waals surface area (Å²) in [5.41, 5.74) is 3.39. The number of hydrogen-bond donors (Lipinski definition) is 1. The largest absolute Gasteiger partial charge is 0.493 e. The lowest BCUT2D eigenvalue weighted by molar-refractivity contribution is 0.324. The molecule has 3 heteroatoms. The Balaban J connectivity index is 2.52. The van der Waals surface area contributed by atoms with Crippen molar-refractivity contribution in [2.45, 2.75) is 25.7 Å². The first kappa shape index (κ1) is 14.8. The average Bonchev–Trinajstić information content (AvgIpc) is 2.43. The van der Waals surface area contributed by atoms with Gasteiger partial charge in [0.25, 0.3) is 0 Å². The molecule has 0 aliphatic rings. The predicted molar refractivity (Wildman–Crippen MR) is 86.2 cm³/mol. The Kier molecular flexibility index (Phi) is 4.96. The molecule has 0 saturated heterocycles. The number of benzene rings is 2. The molecular weight excluding hydrogens is 268 g/mol. The average molecular weight is 288 g/mol. The van der Waals surface area contributed by atoms with E-state index < -0.39 is 0 Å². The van der Waals surface area contributed by atoms with Gasteiger partial charge in [-0.1, -0.05) is 29.8 Å².